The Labute approximate surface area is 674 Å². The van der Waals surface area contributed by atoms with Crippen LogP contribution in [-0.4, -0.2) is 376 Å². The molecule has 116 heavy (non-hydrogen) atoms. The summed E-state index contributed by atoms with van der Waals surface area (Å²) in [5.41, 5.74) is 4.18. The third-order valence-corrected chi connectivity index (χ3v) is 22.1. The van der Waals surface area contributed by atoms with Crippen LogP contribution < -0.4 is 21.3 Å². The molecule has 30 atom stereocenters. The highest BCUT2D eigenvalue weighted by molar-refractivity contribution is 5.94. The second-order valence-corrected chi connectivity index (χ2v) is 28.9. The van der Waals surface area contributed by atoms with Crippen LogP contribution in [-0.2, 0) is 147 Å². The molecule has 6 fully saturated rings. The number of rotatable bonds is 40. The highest BCUT2D eigenvalue weighted by Crippen LogP contribution is 2.46. The maximum absolute atomic E-state index is 14.0. The van der Waals surface area contributed by atoms with E-state index in [-0.39, 0.29) is 63.4 Å². The van der Waals surface area contributed by atoms with Crippen molar-refractivity contribution in [2.75, 3.05) is 153 Å². The van der Waals surface area contributed by atoms with Gasteiger partial charge in [-0.15, -0.1) is 5.10 Å². The average molecular weight is 1650 g/mol. The topological polar surface area (TPSA) is 413 Å². The van der Waals surface area contributed by atoms with Gasteiger partial charge in [-0.25, -0.2) is 4.68 Å². The number of carbonyl (C=O) groups excluding carboxylic acids is 5. The number of amides is 4. The van der Waals surface area contributed by atoms with Crippen molar-refractivity contribution in [2.24, 2.45) is 0 Å². The monoisotopic (exact) mass is 1650 g/mol. The minimum atomic E-state index is -1.22. The Balaban J connectivity index is 0.741. The Morgan fingerprint density at radius 3 is 1.21 bits per heavy atom. The zero-order valence-electron chi connectivity index (χ0n) is 69.2. The van der Waals surface area contributed by atoms with E-state index in [2.05, 4.69) is 43.7 Å². The quantitative estimate of drug-likeness (QED) is 0.0549. The Bertz CT molecular complexity index is 3530. The maximum Gasteiger partial charge on any atom is 0.306 e. The van der Waals surface area contributed by atoms with Crippen LogP contribution in [0, 0.1) is 0 Å². The number of hydrogen-bond acceptors (Lipinski definition) is 34. The van der Waals surface area contributed by atoms with E-state index in [1.54, 1.807) is 13.8 Å². The molecule has 7 aliphatic rings. The minimum absolute atomic E-state index is 0.0141. The molecule has 0 saturated carbocycles. The van der Waals surface area contributed by atoms with Gasteiger partial charge in [0.05, 0.1) is 63.8 Å². The van der Waals surface area contributed by atoms with Gasteiger partial charge < -0.3 is 149 Å². The molecule has 14 unspecified atom stereocenters. The second-order valence-electron chi connectivity index (χ2n) is 28.9. The van der Waals surface area contributed by atoms with Gasteiger partial charge >= 0.3 is 5.97 Å². The molecule has 7 heterocycles. The van der Waals surface area contributed by atoms with E-state index >= 15 is 0 Å². The highest BCUT2D eigenvalue weighted by atomic mass is 16.8. The van der Waals surface area contributed by atoms with Gasteiger partial charge in [0.2, 0.25) is 17.7 Å². The number of esters is 1. The molecule has 2 aromatic carbocycles. The standard InChI is InChI=1S/C77H117N7O32/c1-37-53(79-39(3)85)59(94-8)67(102-16)74(107-37)113-57-48(35-92-6)111-76(69(104-18)63(57)98-12)116-56-47(34-91-5)110-73(66(101-15)62(56)97-11)81-51(87)30-78-71(89)45-31-84(83-82-45)54-38(2)108-75(68(103-17)60(54)95-9)114-58-49(36-93-7)112-77(70(105-19)64(58)99-13)115-55-46(33-90-4)109-72(65(100-14)61(55)96-10)80-50(86)28-29-52(88)106-32-44-42-26-22-20-24-40(42)41-25-21-23-27-43(41)44/h20-27,31,37-38,44,46-49,53-70,72-77H,28-30,32-36H2,1-19H3,(H,78,89)(H,79,85)(H,80,86)(H,81,87)/t37?,38?,46?,47?,48?,49?,53-,54-,55+,56+,57+,58+,59-,60-,61-,62-,63-,64-,65?,66?,67?,68?,69?,70?,72?,73?,74+,75+,76+,77+/m1/s1. The van der Waals surface area contributed by atoms with Gasteiger partial charge in [0.15, 0.2) is 43.3 Å². The molecule has 39 heteroatoms. The van der Waals surface area contributed by atoms with Crippen LogP contribution >= 0.6 is 0 Å². The normalized spacial score (nSPS) is 35.9. The largest absolute Gasteiger partial charge is 0.465 e. The van der Waals surface area contributed by atoms with Crippen molar-refractivity contribution < 1.29 is 152 Å². The number of fused-ring (bicyclic) bond motifs is 3. The highest BCUT2D eigenvalue weighted by Gasteiger charge is 2.59. The first-order valence-corrected chi connectivity index (χ1v) is 38.4. The summed E-state index contributed by atoms with van der Waals surface area (Å²) in [7, 11) is 23.5. The first kappa shape index (κ1) is 92.2. The van der Waals surface area contributed by atoms with Crippen molar-refractivity contribution in [3.63, 3.8) is 0 Å². The van der Waals surface area contributed by atoms with Crippen LogP contribution in [0.1, 0.15) is 67.2 Å². The lowest BCUT2D eigenvalue weighted by Gasteiger charge is -2.51. The van der Waals surface area contributed by atoms with E-state index < -0.39 is 214 Å². The van der Waals surface area contributed by atoms with Crippen molar-refractivity contribution in [3.8, 4) is 11.1 Å². The molecule has 0 radical (unpaired) electrons. The number of benzene rings is 2. The number of methoxy groups -OCH3 is 16. The van der Waals surface area contributed by atoms with Crippen molar-refractivity contribution in [1.29, 1.82) is 0 Å². The maximum atomic E-state index is 14.0. The summed E-state index contributed by atoms with van der Waals surface area (Å²) >= 11 is 0. The van der Waals surface area contributed by atoms with E-state index in [0.717, 1.165) is 22.3 Å². The van der Waals surface area contributed by atoms with Crippen molar-refractivity contribution >= 4 is 29.6 Å². The van der Waals surface area contributed by atoms with Crippen molar-refractivity contribution in [1.82, 2.24) is 36.3 Å². The van der Waals surface area contributed by atoms with E-state index in [9.17, 15) is 24.0 Å². The summed E-state index contributed by atoms with van der Waals surface area (Å²) in [4.78, 5) is 67.0. The molecule has 1 aromatic heterocycles. The molecule has 4 amide bonds. The first-order valence-electron chi connectivity index (χ1n) is 38.4. The molecule has 39 nitrogen and oxygen atoms in total. The summed E-state index contributed by atoms with van der Waals surface area (Å²) in [5.74, 6) is -2.90. The molecule has 4 N–H and O–H groups in total. The summed E-state index contributed by atoms with van der Waals surface area (Å²) in [6.45, 7) is 4.31. The Morgan fingerprint density at radius 1 is 0.405 bits per heavy atom. The van der Waals surface area contributed by atoms with Gasteiger partial charge in [0, 0.05) is 133 Å². The third-order valence-electron chi connectivity index (χ3n) is 22.1. The van der Waals surface area contributed by atoms with Crippen LogP contribution in [0.5, 0.6) is 0 Å². The van der Waals surface area contributed by atoms with Gasteiger partial charge in [0.25, 0.3) is 5.91 Å². The Kier molecular flexibility index (Phi) is 34.9. The summed E-state index contributed by atoms with van der Waals surface area (Å²) in [5, 5.41) is 19.7. The molecule has 6 saturated heterocycles. The van der Waals surface area contributed by atoms with Crippen molar-refractivity contribution in [2.45, 2.75) is 224 Å². The average Bonchev–Trinajstić information content (AvgIpc) is 1.15. The minimum Gasteiger partial charge on any atom is -0.465 e. The summed E-state index contributed by atoms with van der Waals surface area (Å²) in [6.07, 6.45) is -26.1. The predicted molar refractivity (Wildman–Crippen MR) is 399 cm³/mol. The molecule has 10 rings (SSSR count). The molecular weight excluding hydrogens is 1530 g/mol. The van der Waals surface area contributed by atoms with E-state index in [1.807, 2.05) is 36.4 Å². The van der Waals surface area contributed by atoms with Crippen LogP contribution in [0.15, 0.2) is 54.7 Å². The van der Waals surface area contributed by atoms with E-state index in [4.69, 9.17) is 128 Å². The fourth-order valence-corrected chi connectivity index (χ4v) is 16.8. The zero-order chi connectivity index (χ0) is 83.6. The lowest BCUT2D eigenvalue weighted by atomic mass is 9.94. The zero-order valence-corrected chi connectivity index (χ0v) is 69.2. The predicted octanol–water partition coefficient (Wildman–Crippen LogP) is 0.118. The number of carbonyl (C=O) groups is 5. The van der Waals surface area contributed by atoms with Crippen LogP contribution in [0.3, 0.4) is 0 Å². The number of nitrogens with one attached hydrogen (secondary N) is 4. The number of ether oxygens (including phenoxy) is 27. The summed E-state index contributed by atoms with van der Waals surface area (Å²) < 4.78 is 169. The van der Waals surface area contributed by atoms with Crippen LogP contribution in [0.4, 0.5) is 0 Å². The lowest BCUT2D eigenvalue weighted by Crippen LogP contribution is -2.69. The van der Waals surface area contributed by atoms with Gasteiger partial charge in [-0.3, -0.25) is 24.0 Å². The van der Waals surface area contributed by atoms with Crippen molar-refractivity contribution in [3.05, 3.63) is 71.5 Å². The smallest absolute Gasteiger partial charge is 0.306 e. The number of nitrogens with zero attached hydrogens (tertiary/aromatic N) is 3. The van der Waals surface area contributed by atoms with E-state index in [1.165, 1.54) is 132 Å². The molecule has 652 valence electrons. The third kappa shape index (κ3) is 20.7. The Morgan fingerprint density at radius 2 is 0.784 bits per heavy atom. The van der Waals surface area contributed by atoms with Crippen LogP contribution in [0.25, 0.3) is 11.1 Å². The number of hydrogen-bond donors (Lipinski definition) is 4. The molecule has 6 aliphatic heterocycles. The molecular formula is C77H117N7O32. The van der Waals surface area contributed by atoms with Gasteiger partial charge in [0.1, 0.15) is 135 Å². The SMILES string of the molecule is COCC1OC(NC(=O)CNC(=O)c2cn([C@@H]3C(C)O[C@@H](O[C@H]4C(COC)O[C@@H](O[C@H]5C(COC)OC(NC(=O)CCC(=O)OCC6c7ccccc7-c7ccccc76)C(OC)[C@@H]5OC)C(OC)[C@@H]4OC)C(OC)[C@@H]3OC)nn2)C(OC)[C@H](OC)[C@H]1O[C@@H]1OC(COC)[C@H](O[C@@H]2OC(C)[C@@H](NC(C)=O)[C@@H](OC)C2OC)[C@@H](OC)C1OC. The molecule has 0 spiro atoms. The van der Waals surface area contributed by atoms with Gasteiger partial charge in [-0.05, 0) is 36.1 Å². The summed E-state index contributed by atoms with van der Waals surface area (Å²) in [6, 6.07) is 14.7. The first-order chi connectivity index (χ1) is 56.1. The van der Waals surface area contributed by atoms with E-state index in [0.29, 0.717) is 0 Å². The van der Waals surface area contributed by atoms with Gasteiger partial charge in [-0.1, -0.05) is 53.7 Å². The molecule has 3 aromatic rings. The fourth-order valence-electron chi connectivity index (χ4n) is 16.8. The van der Waals surface area contributed by atoms with Gasteiger partial charge in [-0.2, -0.15) is 0 Å². The fraction of sp³-hybridized carbons (Fsp3) is 0.753. The number of aromatic nitrogens is 3. The molecule has 1 aliphatic carbocycles. The molecule has 0 bridgehead atoms. The Hall–Kier alpha value is -6.11. The van der Waals surface area contributed by atoms with Crippen LogP contribution in [0.2, 0.25) is 0 Å². The lowest BCUT2D eigenvalue weighted by molar-refractivity contribution is -0.376. The second kappa shape index (κ2) is 43.9.